The first-order valence-electron chi connectivity index (χ1n) is 5.62. The van der Waals surface area contributed by atoms with Crippen molar-refractivity contribution in [2.24, 2.45) is 0 Å². The Hall–Kier alpha value is -1.95. The molecular formula is C13H12BrN3O2. The number of benzene rings is 1. The largest absolute Gasteiger partial charge is 0.336 e. The van der Waals surface area contributed by atoms with E-state index >= 15 is 0 Å². The maximum absolute atomic E-state index is 12.1. The minimum absolute atomic E-state index is 0.217. The number of carbonyl (C=O) groups is 1. The van der Waals surface area contributed by atoms with Gasteiger partial charge in [-0.2, -0.15) is 5.10 Å². The molecule has 1 amide bonds. The molecule has 0 saturated carbocycles. The van der Waals surface area contributed by atoms with Crippen LogP contribution in [-0.2, 0) is 6.54 Å². The Balaban J connectivity index is 2.14. The standard InChI is InChI=1S/C13H12BrN3O2/c1-17(8-9-4-2-3-5-10(9)14)13(19)11-6-7-12(18)16-15-11/h2-7H,8H2,1H3,(H,16,18). The van der Waals surface area contributed by atoms with Gasteiger partial charge in [-0.3, -0.25) is 9.59 Å². The van der Waals surface area contributed by atoms with E-state index in [1.54, 1.807) is 11.9 Å². The summed E-state index contributed by atoms with van der Waals surface area (Å²) in [5.41, 5.74) is 0.891. The van der Waals surface area contributed by atoms with Gasteiger partial charge >= 0.3 is 0 Å². The summed E-state index contributed by atoms with van der Waals surface area (Å²) in [7, 11) is 1.69. The molecule has 1 N–H and O–H groups in total. The SMILES string of the molecule is CN(Cc1ccccc1Br)C(=O)c1ccc(=O)[nH]n1. The summed E-state index contributed by atoms with van der Waals surface area (Å²) in [6.07, 6.45) is 0. The second-order valence-electron chi connectivity index (χ2n) is 4.06. The lowest BCUT2D eigenvalue weighted by Gasteiger charge is -2.17. The molecule has 19 heavy (non-hydrogen) atoms. The highest BCUT2D eigenvalue weighted by Crippen LogP contribution is 2.17. The molecule has 0 aliphatic carbocycles. The first-order valence-corrected chi connectivity index (χ1v) is 6.42. The second kappa shape index (κ2) is 5.79. The van der Waals surface area contributed by atoms with Crippen molar-refractivity contribution in [3.8, 4) is 0 Å². The molecule has 1 aromatic heterocycles. The normalized spacial score (nSPS) is 10.2. The smallest absolute Gasteiger partial charge is 0.274 e. The number of nitrogens with one attached hydrogen (secondary N) is 1. The molecule has 0 atom stereocenters. The summed E-state index contributed by atoms with van der Waals surface area (Å²) in [5.74, 6) is -0.244. The molecule has 0 bridgehead atoms. The van der Waals surface area contributed by atoms with E-state index in [-0.39, 0.29) is 17.2 Å². The van der Waals surface area contributed by atoms with Crippen LogP contribution < -0.4 is 5.56 Å². The lowest BCUT2D eigenvalue weighted by atomic mass is 10.2. The van der Waals surface area contributed by atoms with Crippen molar-refractivity contribution in [1.82, 2.24) is 15.1 Å². The highest BCUT2D eigenvalue weighted by atomic mass is 79.9. The third-order valence-electron chi connectivity index (χ3n) is 2.61. The zero-order chi connectivity index (χ0) is 13.8. The van der Waals surface area contributed by atoms with Crippen molar-refractivity contribution in [2.45, 2.75) is 6.54 Å². The van der Waals surface area contributed by atoms with Gasteiger partial charge in [-0.15, -0.1) is 0 Å². The van der Waals surface area contributed by atoms with E-state index in [0.29, 0.717) is 6.54 Å². The highest BCUT2D eigenvalue weighted by Gasteiger charge is 2.14. The predicted octanol–water partition coefficient (Wildman–Crippen LogP) is 1.80. The van der Waals surface area contributed by atoms with Gasteiger partial charge in [-0.05, 0) is 17.7 Å². The molecular weight excluding hydrogens is 310 g/mol. The molecule has 5 nitrogen and oxygen atoms in total. The first kappa shape index (κ1) is 13.5. The number of hydrogen-bond acceptors (Lipinski definition) is 3. The summed E-state index contributed by atoms with van der Waals surface area (Å²) in [5, 5.41) is 5.97. The fraction of sp³-hybridized carbons (Fsp3) is 0.154. The molecule has 0 aliphatic heterocycles. The summed E-state index contributed by atoms with van der Waals surface area (Å²) in [4.78, 5) is 24.5. The van der Waals surface area contributed by atoms with Gasteiger partial charge in [0.2, 0.25) is 0 Å². The molecule has 2 aromatic rings. The van der Waals surface area contributed by atoms with Crippen molar-refractivity contribution in [2.75, 3.05) is 7.05 Å². The van der Waals surface area contributed by atoms with Crippen LogP contribution in [0.3, 0.4) is 0 Å². The van der Waals surface area contributed by atoms with E-state index in [4.69, 9.17) is 0 Å². The van der Waals surface area contributed by atoms with Gasteiger partial charge < -0.3 is 4.90 Å². The van der Waals surface area contributed by atoms with Crippen LogP contribution in [0.5, 0.6) is 0 Å². The van der Waals surface area contributed by atoms with Crippen molar-refractivity contribution in [3.05, 3.63) is 62.5 Å². The second-order valence-corrected chi connectivity index (χ2v) is 4.91. The molecule has 1 heterocycles. The van der Waals surface area contributed by atoms with Crippen molar-refractivity contribution in [3.63, 3.8) is 0 Å². The van der Waals surface area contributed by atoms with Crippen LogP contribution in [0.4, 0.5) is 0 Å². The van der Waals surface area contributed by atoms with E-state index < -0.39 is 0 Å². The van der Waals surface area contributed by atoms with Gasteiger partial charge in [0.1, 0.15) is 5.69 Å². The molecule has 0 saturated heterocycles. The Labute approximate surface area is 118 Å². The van der Waals surface area contributed by atoms with Crippen LogP contribution in [0.2, 0.25) is 0 Å². The van der Waals surface area contributed by atoms with Crippen LogP contribution >= 0.6 is 15.9 Å². The van der Waals surface area contributed by atoms with Crippen molar-refractivity contribution < 1.29 is 4.79 Å². The summed E-state index contributed by atoms with van der Waals surface area (Å²) >= 11 is 3.44. The quantitative estimate of drug-likeness (QED) is 0.937. The van der Waals surface area contributed by atoms with E-state index in [0.717, 1.165) is 10.0 Å². The predicted molar refractivity (Wildman–Crippen MR) is 74.8 cm³/mol. The Morgan fingerprint density at radius 3 is 2.68 bits per heavy atom. The molecule has 2 rings (SSSR count). The number of rotatable bonds is 3. The first-order chi connectivity index (χ1) is 9.08. The molecule has 0 fully saturated rings. The summed E-state index contributed by atoms with van der Waals surface area (Å²) < 4.78 is 0.948. The number of hydrogen-bond donors (Lipinski definition) is 1. The maximum atomic E-state index is 12.1. The Kier molecular flexibility index (Phi) is 4.11. The average Bonchev–Trinajstić information content (AvgIpc) is 2.41. The summed E-state index contributed by atoms with van der Waals surface area (Å²) in [6.45, 7) is 0.459. The van der Waals surface area contributed by atoms with E-state index in [1.807, 2.05) is 24.3 Å². The molecule has 0 unspecified atom stereocenters. The lowest BCUT2D eigenvalue weighted by Crippen LogP contribution is -2.28. The number of aromatic nitrogens is 2. The van der Waals surface area contributed by atoms with E-state index in [1.165, 1.54) is 12.1 Å². The Morgan fingerprint density at radius 2 is 2.05 bits per heavy atom. The molecule has 1 aromatic carbocycles. The maximum Gasteiger partial charge on any atom is 0.274 e. The van der Waals surface area contributed by atoms with Gasteiger partial charge in [0, 0.05) is 24.1 Å². The minimum Gasteiger partial charge on any atom is -0.336 e. The highest BCUT2D eigenvalue weighted by molar-refractivity contribution is 9.10. The fourth-order valence-electron chi connectivity index (χ4n) is 1.61. The lowest BCUT2D eigenvalue weighted by molar-refractivity contribution is 0.0777. The Bertz CT molecular complexity index is 634. The average molecular weight is 322 g/mol. The Morgan fingerprint density at radius 1 is 1.32 bits per heavy atom. The van der Waals surface area contributed by atoms with Crippen molar-refractivity contribution in [1.29, 1.82) is 0 Å². The third-order valence-corrected chi connectivity index (χ3v) is 3.38. The fourth-order valence-corrected chi connectivity index (χ4v) is 2.02. The number of amides is 1. The van der Waals surface area contributed by atoms with Crippen molar-refractivity contribution >= 4 is 21.8 Å². The van der Waals surface area contributed by atoms with E-state index in [2.05, 4.69) is 26.1 Å². The minimum atomic E-state index is -0.329. The van der Waals surface area contributed by atoms with Gasteiger partial charge in [0.15, 0.2) is 0 Å². The molecule has 6 heteroatoms. The number of nitrogens with zero attached hydrogens (tertiary/aromatic N) is 2. The van der Waals surface area contributed by atoms with E-state index in [9.17, 15) is 9.59 Å². The third kappa shape index (κ3) is 3.29. The van der Waals surface area contributed by atoms with Gasteiger partial charge in [0.05, 0.1) is 0 Å². The molecule has 0 radical (unpaired) electrons. The molecule has 98 valence electrons. The van der Waals surface area contributed by atoms with Crippen LogP contribution in [0.15, 0.2) is 45.7 Å². The monoisotopic (exact) mass is 321 g/mol. The topological polar surface area (TPSA) is 66.1 Å². The number of H-pyrrole nitrogens is 1. The number of halogens is 1. The number of aromatic amines is 1. The van der Waals surface area contributed by atoms with Crippen LogP contribution in [-0.4, -0.2) is 28.1 Å². The van der Waals surface area contributed by atoms with Crippen LogP contribution in [0, 0.1) is 0 Å². The zero-order valence-corrected chi connectivity index (χ0v) is 11.8. The van der Waals surface area contributed by atoms with Crippen LogP contribution in [0.1, 0.15) is 16.1 Å². The zero-order valence-electron chi connectivity index (χ0n) is 10.3. The summed E-state index contributed by atoms with van der Waals surface area (Å²) in [6, 6.07) is 10.4. The van der Waals surface area contributed by atoms with Gasteiger partial charge in [-0.25, -0.2) is 5.10 Å². The number of carbonyl (C=O) groups excluding carboxylic acids is 1. The molecule has 0 spiro atoms. The van der Waals surface area contributed by atoms with Gasteiger partial charge in [-0.1, -0.05) is 34.1 Å². The molecule has 0 aliphatic rings. The van der Waals surface area contributed by atoms with Gasteiger partial charge in [0.25, 0.3) is 11.5 Å². The van der Waals surface area contributed by atoms with Crippen LogP contribution in [0.25, 0.3) is 0 Å².